The maximum Gasteiger partial charge on any atom is 0.0370 e. The highest BCUT2D eigenvalue weighted by Crippen LogP contribution is 2.22. The minimum Gasteiger partial charge on any atom is -0.385 e. The fourth-order valence-electron chi connectivity index (χ4n) is 1.40. The summed E-state index contributed by atoms with van der Waals surface area (Å²) in [4.78, 5) is 0. The Morgan fingerprint density at radius 3 is 2.47 bits per heavy atom. The van der Waals surface area contributed by atoms with E-state index in [2.05, 4.69) is 67.1 Å². The van der Waals surface area contributed by atoms with E-state index in [1.807, 2.05) is 0 Å². The van der Waals surface area contributed by atoms with Crippen molar-refractivity contribution >= 4 is 21.6 Å². The lowest BCUT2D eigenvalue weighted by atomic mass is 9.92. The van der Waals surface area contributed by atoms with Gasteiger partial charge < -0.3 is 5.32 Å². The molecule has 0 fully saturated rings. The lowest BCUT2D eigenvalue weighted by Crippen LogP contribution is -2.13. The molecule has 1 N–H and O–H groups in total. The van der Waals surface area contributed by atoms with Gasteiger partial charge >= 0.3 is 0 Å². The summed E-state index contributed by atoms with van der Waals surface area (Å²) in [5, 5.41) is 3.48. The minimum atomic E-state index is 0.399. The third kappa shape index (κ3) is 4.70. The van der Waals surface area contributed by atoms with Crippen molar-refractivity contribution in [2.45, 2.75) is 34.1 Å². The molecule has 0 saturated carbocycles. The first-order chi connectivity index (χ1) is 6.88. The maximum atomic E-state index is 3.48. The predicted molar refractivity (Wildman–Crippen MR) is 71.4 cm³/mol. The summed E-state index contributed by atoms with van der Waals surface area (Å²) < 4.78 is 1.14. The van der Waals surface area contributed by atoms with E-state index in [9.17, 15) is 0 Å². The lowest BCUT2D eigenvalue weighted by molar-refractivity contribution is 0.390. The van der Waals surface area contributed by atoms with Crippen LogP contribution in [0.3, 0.4) is 0 Å². The number of hydrogen-bond acceptors (Lipinski definition) is 1. The molecule has 15 heavy (non-hydrogen) atoms. The molecule has 1 rings (SSSR count). The van der Waals surface area contributed by atoms with Gasteiger partial charge in [0.05, 0.1) is 0 Å². The average molecular weight is 270 g/mol. The maximum absolute atomic E-state index is 3.48. The van der Waals surface area contributed by atoms with Gasteiger partial charge in [0, 0.05) is 16.7 Å². The molecule has 0 radical (unpaired) electrons. The number of nitrogens with one attached hydrogen (secondary N) is 1. The summed E-state index contributed by atoms with van der Waals surface area (Å²) in [6, 6.07) is 6.34. The van der Waals surface area contributed by atoms with Gasteiger partial charge in [-0.05, 0) is 42.5 Å². The van der Waals surface area contributed by atoms with E-state index in [1.165, 1.54) is 17.7 Å². The number of anilines is 1. The summed E-state index contributed by atoms with van der Waals surface area (Å²) in [6.07, 6.45) is 1.18. The summed E-state index contributed by atoms with van der Waals surface area (Å²) >= 11 is 3.47. The van der Waals surface area contributed by atoms with Crippen molar-refractivity contribution < 1.29 is 0 Å². The van der Waals surface area contributed by atoms with Crippen LogP contribution in [0, 0.1) is 12.3 Å². The molecule has 0 unspecified atom stereocenters. The molecule has 1 nitrogen and oxygen atoms in total. The van der Waals surface area contributed by atoms with Gasteiger partial charge in [-0.25, -0.2) is 0 Å². The van der Waals surface area contributed by atoms with Crippen molar-refractivity contribution in [2.75, 3.05) is 11.9 Å². The Hall–Kier alpha value is -0.500. The fourth-order valence-corrected chi connectivity index (χ4v) is 1.87. The molecule has 0 amide bonds. The standard InChI is InChI=1S/C13H20BrN/c1-10-9-11(14)5-6-12(10)15-8-7-13(2,3)4/h5-6,9,15H,7-8H2,1-4H3. The molecule has 0 bridgehead atoms. The van der Waals surface area contributed by atoms with Crippen molar-refractivity contribution in [3.63, 3.8) is 0 Å². The third-order valence-electron chi connectivity index (χ3n) is 2.38. The molecule has 0 saturated heterocycles. The lowest BCUT2D eigenvalue weighted by Gasteiger charge is -2.19. The second-order valence-electron chi connectivity index (χ2n) is 5.20. The fraction of sp³-hybridized carbons (Fsp3) is 0.538. The Morgan fingerprint density at radius 1 is 1.27 bits per heavy atom. The van der Waals surface area contributed by atoms with Gasteiger partial charge in [-0.2, -0.15) is 0 Å². The zero-order chi connectivity index (χ0) is 11.5. The van der Waals surface area contributed by atoms with E-state index in [-0.39, 0.29) is 0 Å². The van der Waals surface area contributed by atoms with Gasteiger partial charge in [0.1, 0.15) is 0 Å². The SMILES string of the molecule is Cc1cc(Br)ccc1NCCC(C)(C)C. The zero-order valence-electron chi connectivity index (χ0n) is 10.0. The molecule has 0 aliphatic heterocycles. The Bertz CT molecular complexity index is 326. The third-order valence-corrected chi connectivity index (χ3v) is 2.87. The van der Waals surface area contributed by atoms with Gasteiger partial charge in [-0.3, -0.25) is 0 Å². The average Bonchev–Trinajstić information content (AvgIpc) is 2.07. The van der Waals surface area contributed by atoms with E-state index in [1.54, 1.807) is 0 Å². The van der Waals surface area contributed by atoms with Crippen LogP contribution in [0.15, 0.2) is 22.7 Å². The molecule has 84 valence electrons. The van der Waals surface area contributed by atoms with Crippen LogP contribution in [0.1, 0.15) is 32.8 Å². The molecule has 0 spiro atoms. The molecule has 0 heterocycles. The smallest absolute Gasteiger partial charge is 0.0370 e. The van der Waals surface area contributed by atoms with E-state index >= 15 is 0 Å². The first kappa shape index (κ1) is 12.6. The Morgan fingerprint density at radius 2 is 1.93 bits per heavy atom. The minimum absolute atomic E-state index is 0.399. The summed E-state index contributed by atoms with van der Waals surface area (Å²) in [7, 11) is 0. The van der Waals surface area contributed by atoms with Crippen molar-refractivity contribution in [3.8, 4) is 0 Å². The molecule has 2 heteroatoms. The number of aryl methyl sites for hydroxylation is 1. The topological polar surface area (TPSA) is 12.0 Å². The van der Waals surface area contributed by atoms with Gasteiger partial charge in [0.15, 0.2) is 0 Å². The van der Waals surface area contributed by atoms with Crippen LogP contribution in [0.2, 0.25) is 0 Å². The first-order valence-electron chi connectivity index (χ1n) is 5.38. The van der Waals surface area contributed by atoms with E-state index < -0.39 is 0 Å². The molecule has 0 atom stereocenters. The van der Waals surface area contributed by atoms with Gasteiger partial charge in [0.2, 0.25) is 0 Å². The van der Waals surface area contributed by atoms with Crippen molar-refractivity contribution in [3.05, 3.63) is 28.2 Å². The van der Waals surface area contributed by atoms with Crippen LogP contribution in [0.4, 0.5) is 5.69 Å². The van der Waals surface area contributed by atoms with Crippen LogP contribution in [0.25, 0.3) is 0 Å². The predicted octanol–water partition coefficient (Wildman–Crippen LogP) is 4.61. The Balaban J connectivity index is 2.51. The van der Waals surface area contributed by atoms with Gasteiger partial charge in [-0.1, -0.05) is 36.7 Å². The summed E-state index contributed by atoms with van der Waals surface area (Å²) in [5.74, 6) is 0. The molecule has 0 aromatic heterocycles. The monoisotopic (exact) mass is 269 g/mol. The highest BCUT2D eigenvalue weighted by atomic mass is 79.9. The number of benzene rings is 1. The second kappa shape index (κ2) is 5.02. The van der Waals surface area contributed by atoms with Crippen molar-refractivity contribution in [2.24, 2.45) is 5.41 Å². The highest BCUT2D eigenvalue weighted by Gasteiger charge is 2.09. The van der Waals surface area contributed by atoms with Crippen LogP contribution >= 0.6 is 15.9 Å². The number of hydrogen-bond donors (Lipinski definition) is 1. The Labute approximate surface area is 101 Å². The normalized spacial score (nSPS) is 11.5. The van der Waals surface area contributed by atoms with E-state index in [0.717, 1.165) is 11.0 Å². The van der Waals surface area contributed by atoms with Gasteiger partial charge in [0.25, 0.3) is 0 Å². The Kier molecular flexibility index (Phi) is 4.21. The molecule has 1 aromatic carbocycles. The van der Waals surface area contributed by atoms with Crippen LogP contribution in [0.5, 0.6) is 0 Å². The largest absolute Gasteiger partial charge is 0.385 e. The summed E-state index contributed by atoms with van der Waals surface area (Å²) in [6.45, 7) is 9.96. The van der Waals surface area contributed by atoms with Crippen LogP contribution in [-0.2, 0) is 0 Å². The first-order valence-corrected chi connectivity index (χ1v) is 6.18. The highest BCUT2D eigenvalue weighted by molar-refractivity contribution is 9.10. The molecular weight excluding hydrogens is 250 g/mol. The quantitative estimate of drug-likeness (QED) is 0.846. The molecule has 0 aliphatic rings. The van der Waals surface area contributed by atoms with Crippen LogP contribution < -0.4 is 5.32 Å². The van der Waals surface area contributed by atoms with Crippen molar-refractivity contribution in [1.29, 1.82) is 0 Å². The number of halogens is 1. The van der Waals surface area contributed by atoms with E-state index in [4.69, 9.17) is 0 Å². The molecule has 1 aromatic rings. The van der Waals surface area contributed by atoms with E-state index in [0.29, 0.717) is 5.41 Å². The second-order valence-corrected chi connectivity index (χ2v) is 6.11. The molecular formula is C13H20BrN. The van der Waals surface area contributed by atoms with Crippen molar-refractivity contribution in [1.82, 2.24) is 0 Å². The summed E-state index contributed by atoms with van der Waals surface area (Å²) in [5.41, 5.74) is 2.93. The zero-order valence-corrected chi connectivity index (χ0v) is 11.6. The van der Waals surface area contributed by atoms with Gasteiger partial charge in [-0.15, -0.1) is 0 Å². The molecule has 0 aliphatic carbocycles. The number of rotatable bonds is 3. The van der Waals surface area contributed by atoms with Crippen LogP contribution in [-0.4, -0.2) is 6.54 Å².